The van der Waals surface area contributed by atoms with Crippen LogP contribution in [0.3, 0.4) is 0 Å². The van der Waals surface area contributed by atoms with Crippen LogP contribution in [0.5, 0.6) is 0 Å². The monoisotopic (exact) mass is 448 g/mol. The van der Waals surface area contributed by atoms with E-state index < -0.39 is 23.5 Å². The van der Waals surface area contributed by atoms with Crippen LogP contribution in [0.4, 0.5) is 4.79 Å². The number of amides is 2. The quantitative estimate of drug-likeness (QED) is 0.728. The number of benzene rings is 2. The normalized spacial score (nSPS) is 22.8. The van der Waals surface area contributed by atoms with Crippen LogP contribution in [0.2, 0.25) is 0 Å². The van der Waals surface area contributed by atoms with E-state index in [2.05, 4.69) is 29.6 Å². The average Bonchev–Trinajstić information content (AvgIpc) is 3.52. The number of alkyl carbamates (subject to hydrolysis) is 1. The van der Waals surface area contributed by atoms with Gasteiger partial charge in [0.2, 0.25) is 5.91 Å². The maximum Gasteiger partial charge on any atom is 0.408 e. The Balaban J connectivity index is 1.21. The minimum Gasteiger partial charge on any atom is -0.481 e. The van der Waals surface area contributed by atoms with Crippen molar-refractivity contribution in [2.45, 2.75) is 37.6 Å². The molecule has 2 aromatic carbocycles. The van der Waals surface area contributed by atoms with E-state index in [0.717, 1.165) is 22.3 Å². The molecule has 7 heteroatoms. The lowest BCUT2D eigenvalue weighted by atomic mass is 9.86. The van der Waals surface area contributed by atoms with Gasteiger partial charge in [0.1, 0.15) is 12.1 Å². The minimum absolute atomic E-state index is 0.0371. The van der Waals surface area contributed by atoms with Crippen molar-refractivity contribution < 1.29 is 24.2 Å². The van der Waals surface area contributed by atoms with Gasteiger partial charge in [-0.05, 0) is 47.4 Å². The van der Waals surface area contributed by atoms with Crippen molar-refractivity contribution in [3.63, 3.8) is 0 Å². The van der Waals surface area contributed by atoms with Gasteiger partial charge >= 0.3 is 12.1 Å². The molecule has 1 heterocycles. The van der Waals surface area contributed by atoms with Gasteiger partial charge in [-0.3, -0.25) is 9.59 Å². The van der Waals surface area contributed by atoms with Gasteiger partial charge in [-0.2, -0.15) is 0 Å². The predicted octanol–water partition coefficient (Wildman–Crippen LogP) is 3.63. The van der Waals surface area contributed by atoms with Crippen molar-refractivity contribution in [3.05, 3.63) is 59.7 Å². The minimum atomic E-state index is -0.918. The molecule has 0 spiro atoms. The highest BCUT2D eigenvalue weighted by Gasteiger charge is 2.54. The third-order valence-electron chi connectivity index (χ3n) is 7.35. The van der Waals surface area contributed by atoms with Crippen molar-refractivity contribution in [2.24, 2.45) is 11.8 Å². The maximum atomic E-state index is 13.1. The fraction of sp³-hybridized carbons (Fsp3) is 0.423. The lowest BCUT2D eigenvalue weighted by molar-refractivity contribution is -0.149. The summed E-state index contributed by atoms with van der Waals surface area (Å²) in [4.78, 5) is 38.9. The number of nitrogens with one attached hydrogen (secondary N) is 1. The van der Waals surface area contributed by atoms with Crippen LogP contribution in [0.15, 0.2) is 48.5 Å². The van der Waals surface area contributed by atoms with E-state index in [1.807, 2.05) is 31.2 Å². The number of rotatable bonds is 5. The summed E-state index contributed by atoms with van der Waals surface area (Å²) in [5, 5.41) is 12.1. The van der Waals surface area contributed by atoms with Crippen LogP contribution >= 0.6 is 0 Å². The number of hydrogen-bond acceptors (Lipinski definition) is 4. The first-order chi connectivity index (χ1) is 15.9. The largest absolute Gasteiger partial charge is 0.481 e. The van der Waals surface area contributed by atoms with Crippen molar-refractivity contribution in [3.8, 4) is 11.1 Å². The first-order valence-electron chi connectivity index (χ1n) is 11.5. The Labute approximate surface area is 192 Å². The highest BCUT2D eigenvalue weighted by atomic mass is 16.5. The van der Waals surface area contributed by atoms with Gasteiger partial charge in [0.25, 0.3) is 0 Å². The first kappa shape index (κ1) is 21.5. The molecule has 0 radical (unpaired) electrons. The summed E-state index contributed by atoms with van der Waals surface area (Å²) < 4.78 is 5.62. The second kappa shape index (κ2) is 8.21. The van der Waals surface area contributed by atoms with Gasteiger partial charge in [0, 0.05) is 19.0 Å². The Kier molecular flexibility index (Phi) is 5.35. The van der Waals surface area contributed by atoms with E-state index in [-0.39, 0.29) is 24.3 Å². The molecule has 5 rings (SSSR count). The Morgan fingerprint density at radius 3 is 2.21 bits per heavy atom. The molecule has 33 heavy (non-hydrogen) atoms. The van der Waals surface area contributed by atoms with E-state index in [0.29, 0.717) is 32.4 Å². The topological polar surface area (TPSA) is 95.9 Å². The smallest absolute Gasteiger partial charge is 0.408 e. The average molecular weight is 449 g/mol. The number of piperidine rings is 1. The Hall–Kier alpha value is -3.35. The van der Waals surface area contributed by atoms with Crippen LogP contribution in [0.1, 0.15) is 43.2 Å². The summed E-state index contributed by atoms with van der Waals surface area (Å²) in [7, 11) is 0. The molecule has 2 unspecified atom stereocenters. The third kappa shape index (κ3) is 3.86. The summed E-state index contributed by atoms with van der Waals surface area (Å²) in [6.45, 7) is 2.85. The molecule has 2 N–H and O–H groups in total. The van der Waals surface area contributed by atoms with E-state index in [9.17, 15) is 19.5 Å². The molecule has 2 amide bonds. The molecule has 1 saturated heterocycles. The van der Waals surface area contributed by atoms with Crippen LogP contribution < -0.4 is 5.32 Å². The van der Waals surface area contributed by atoms with E-state index >= 15 is 0 Å². The molecule has 0 bridgehead atoms. The van der Waals surface area contributed by atoms with Gasteiger partial charge in [0.15, 0.2) is 0 Å². The van der Waals surface area contributed by atoms with E-state index in [4.69, 9.17) is 4.74 Å². The molecular weight excluding hydrogens is 420 g/mol. The Morgan fingerprint density at radius 1 is 1.06 bits per heavy atom. The fourth-order valence-electron chi connectivity index (χ4n) is 5.35. The number of aliphatic carboxylic acids is 1. The van der Waals surface area contributed by atoms with Crippen LogP contribution in [-0.4, -0.2) is 53.2 Å². The van der Waals surface area contributed by atoms with Gasteiger partial charge in [0.05, 0.1) is 5.92 Å². The van der Waals surface area contributed by atoms with Gasteiger partial charge in [-0.25, -0.2) is 4.79 Å². The van der Waals surface area contributed by atoms with E-state index in [1.54, 1.807) is 4.90 Å². The highest BCUT2D eigenvalue weighted by Crippen LogP contribution is 2.44. The molecule has 1 aliphatic heterocycles. The molecular formula is C26H28N2O5. The van der Waals surface area contributed by atoms with Crippen LogP contribution in [0, 0.1) is 11.8 Å². The van der Waals surface area contributed by atoms with Crippen molar-refractivity contribution in [1.29, 1.82) is 0 Å². The molecule has 2 aliphatic carbocycles. The predicted molar refractivity (Wildman–Crippen MR) is 122 cm³/mol. The number of carboxylic acid groups (broad SMARTS) is 1. The molecule has 172 valence electrons. The highest BCUT2D eigenvalue weighted by molar-refractivity contribution is 5.93. The summed E-state index contributed by atoms with van der Waals surface area (Å²) in [5.74, 6) is -1.53. The Bertz CT molecular complexity index is 1060. The molecule has 1 saturated carbocycles. The number of carbonyl (C=O) groups excluding carboxylic acids is 2. The summed E-state index contributed by atoms with van der Waals surface area (Å²) in [6, 6.07) is 16.3. The lowest BCUT2D eigenvalue weighted by Crippen LogP contribution is -2.54. The third-order valence-corrected chi connectivity index (χ3v) is 7.35. The molecule has 0 aromatic heterocycles. The molecule has 2 aromatic rings. The molecule has 7 nitrogen and oxygen atoms in total. The van der Waals surface area contributed by atoms with Crippen molar-refractivity contribution in [1.82, 2.24) is 10.2 Å². The van der Waals surface area contributed by atoms with Crippen molar-refractivity contribution >= 4 is 18.0 Å². The number of hydrogen-bond donors (Lipinski definition) is 2. The fourth-order valence-corrected chi connectivity index (χ4v) is 5.35. The zero-order valence-electron chi connectivity index (χ0n) is 18.6. The number of carbonyl (C=O) groups is 3. The maximum absolute atomic E-state index is 13.1. The van der Waals surface area contributed by atoms with Gasteiger partial charge < -0.3 is 20.1 Å². The number of likely N-dealkylation sites (tertiary alicyclic amines) is 1. The first-order valence-corrected chi connectivity index (χ1v) is 11.5. The SMILES string of the molecule is CC1CN(C(=O)C2(NC(=O)OCC3c4ccccc4-c4ccccc43)CC2)CCC1C(=O)O. The zero-order valence-corrected chi connectivity index (χ0v) is 18.6. The zero-order chi connectivity index (χ0) is 23.2. The summed E-state index contributed by atoms with van der Waals surface area (Å²) >= 11 is 0. The van der Waals surface area contributed by atoms with E-state index in [1.165, 1.54) is 0 Å². The number of fused-ring (bicyclic) bond motifs is 3. The van der Waals surface area contributed by atoms with Gasteiger partial charge in [-0.1, -0.05) is 55.5 Å². The number of ether oxygens (including phenoxy) is 1. The Morgan fingerprint density at radius 2 is 1.67 bits per heavy atom. The van der Waals surface area contributed by atoms with Crippen LogP contribution in [-0.2, 0) is 14.3 Å². The van der Waals surface area contributed by atoms with Crippen LogP contribution in [0.25, 0.3) is 11.1 Å². The van der Waals surface area contributed by atoms with Gasteiger partial charge in [-0.15, -0.1) is 0 Å². The van der Waals surface area contributed by atoms with Crippen molar-refractivity contribution in [2.75, 3.05) is 19.7 Å². The lowest BCUT2D eigenvalue weighted by Gasteiger charge is -2.37. The second-order valence-corrected chi connectivity index (χ2v) is 9.49. The molecule has 2 atom stereocenters. The number of nitrogens with zero attached hydrogens (tertiary/aromatic N) is 1. The summed E-state index contributed by atoms with van der Waals surface area (Å²) in [6.07, 6.45) is 0.992. The molecule has 2 fully saturated rings. The molecule has 3 aliphatic rings. The second-order valence-electron chi connectivity index (χ2n) is 9.49. The summed E-state index contributed by atoms with van der Waals surface area (Å²) in [5.41, 5.74) is 3.68. The standard InChI is InChI=1S/C26H28N2O5/c1-16-14-28(13-10-17(16)23(29)30)24(31)26(11-12-26)27-25(32)33-15-22-20-8-4-2-6-18(20)19-7-3-5-9-21(19)22/h2-9,16-17,22H,10-15H2,1H3,(H,27,32)(H,29,30). The number of carboxylic acids is 1.